The smallest absolute Gasteiger partial charge is 0.245 e. The summed E-state index contributed by atoms with van der Waals surface area (Å²) in [4.78, 5) is 17.7. The van der Waals surface area contributed by atoms with Gasteiger partial charge < -0.3 is 4.90 Å². The Morgan fingerprint density at radius 1 is 1.47 bits per heavy atom. The van der Waals surface area contributed by atoms with Gasteiger partial charge in [-0.2, -0.15) is 0 Å². The number of amides is 1. The minimum Gasteiger partial charge on any atom is -0.339 e. The van der Waals surface area contributed by atoms with Crippen molar-refractivity contribution < 1.29 is 4.79 Å². The molecule has 1 fully saturated rings. The molecule has 1 amide bonds. The molecule has 0 saturated carbocycles. The highest BCUT2D eigenvalue weighted by Gasteiger charge is 2.23. The number of likely N-dealkylation sites (tertiary alicyclic amines) is 1. The monoisotopic (exact) mass is 294 g/mol. The second-order valence-electron chi connectivity index (χ2n) is 4.20. The van der Waals surface area contributed by atoms with Gasteiger partial charge in [0.2, 0.25) is 5.91 Å². The lowest BCUT2D eigenvalue weighted by Gasteiger charge is -2.31. The van der Waals surface area contributed by atoms with Crippen LogP contribution in [0, 0.1) is 0 Å². The zero-order chi connectivity index (χ0) is 12.3. The zero-order valence-electron chi connectivity index (χ0n) is 9.60. The Kier molecular flexibility index (Phi) is 3.94. The molecule has 0 spiro atoms. The van der Waals surface area contributed by atoms with Crippen LogP contribution in [0.2, 0.25) is 0 Å². The predicted molar refractivity (Wildman–Crippen MR) is 70.7 cm³/mol. The van der Waals surface area contributed by atoms with Crippen LogP contribution in [0.3, 0.4) is 0 Å². The molecule has 0 N–H and O–H groups in total. The van der Waals surface area contributed by atoms with Gasteiger partial charge in [0.05, 0.1) is 0 Å². The van der Waals surface area contributed by atoms with Crippen molar-refractivity contribution in [1.29, 1.82) is 0 Å². The first-order valence-electron chi connectivity index (χ1n) is 5.73. The van der Waals surface area contributed by atoms with Gasteiger partial charge >= 0.3 is 0 Å². The van der Waals surface area contributed by atoms with E-state index in [4.69, 9.17) is 0 Å². The largest absolute Gasteiger partial charge is 0.339 e. The van der Waals surface area contributed by atoms with Crippen LogP contribution in [0.15, 0.2) is 35.5 Å². The Bertz CT molecular complexity index is 408. The van der Waals surface area contributed by atoms with Crippen LogP contribution < -0.4 is 0 Å². The van der Waals surface area contributed by atoms with E-state index in [2.05, 4.69) is 33.6 Å². The molecule has 0 radical (unpaired) electrons. The summed E-state index contributed by atoms with van der Waals surface area (Å²) in [5, 5.41) is 0. The number of carbonyl (C=O) groups is 1. The molecule has 0 unspecified atom stereocenters. The lowest BCUT2D eigenvalue weighted by atomic mass is 9.93. The van der Waals surface area contributed by atoms with E-state index >= 15 is 0 Å². The van der Waals surface area contributed by atoms with Crippen LogP contribution in [0.25, 0.3) is 0 Å². The molecule has 0 aliphatic carbocycles. The number of pyridine rings is 1. The van der Waals surface area contributed by atoms with Crippen molar-refractivity contribution in [2.75, 3.05) is 13.1 Å². The number of piperidine rings is 1. The molecule has 1 aromatic rings. The van der Waals surface area contributed by atoms with Crippen LogP contribution in [-0.4, -0.2) is 28.9 Å². The van der Waals surface area contributed by atoms with Crippen molar-refractivity contribution in [2.45, 2.75) is 18.8 Å². The molecule has 4 heteroatoms. The Morgan fingerprint density at radius 2 is 2.18 bits per heavy atom. The third-order valence-electron chi connectivity index (χ3n) is 3.15. The highest BCUT2D eigenvalue weighted by Crippen LogP contribution is 2.27. The van der Waals surface area contributed by atoms with Gasteiger partial charge in [0, 0.05) is 35.4 Å². The summed E-state index contributed by atoms with van der Waals surface area (Å²) in [6, 6.07) is 4.07. The van der Waals surface area contributed by atoms with E-state index < -0.39 is 0 Å². The Morgan fingerprint density at radius 3 is 2.71 bits per heavy atom. The molecule has 0 bridgehead atoms. The van der Waals surface area contributed by atoms with E-state index in [1.165, 1.54) is 6.08 Å². The molecule has 1 saturated heterocycles. The SMILES string of the molecule is C=CC(=O)N1CCC(c2ccc(Br)cn2)CC1. The summed E-state index contributed by atoms with van der Waals surface area (Å²) in [6.07, 6.45) is 5.18. The summed E-state index contributed by atoms with van der Waals surface area (Å²) in [6.45, 7) is 5.11. The lowest BCUT2D eigenvalue weighted by Crippen LogP contribution is -2.36. The van der Waals surface area contributed by atoms with E-state index in [9.17, 15) is 4.79 Å². The third kappa shape index (κ3) is 2.94. The molecular formula is C13H15BrN2O. The highest BCUT2D eigenvalue weighted by atomic mass is 79.9. The summed E-state index contributed by atoms with van der Waals surface area (Å²) in [7, 11) is 0. The molecular weight excluding hydrogens is 280 g/mol. The van der Waals surface area contributed by atoms with Crippen molar-refractivity contribution in [3.63, 3.8) is 0 Å². The van der Waals surface area contributed by atoms with E-state index in [1.807, 2.05) is 17.2 Å². The molecule has 0 atom stereocenters. The maximum absolute atomic E-state index is 11.4. The zero-order valence-corrected chi connectivity index (χ0v) is 11.2. The quantitative estimate of drug-likeness (QED) is 0.786. The van der Waals surface area contributed by atoms with Gasteiger partial charge in [-0.15, -0.1) is 0 Å². The minimum atomic E-state index is 0.0345. The Hall–Kier alpha value is -1.16. The van der Waals surface area contributed by atoms with Crippen LogP contribution in [0.4, 0.5) is 0 Å². The van der Waals surface area contributed by atoms with E-state index in [0.29, 0.717) is 5.92 Å². The maximum Gasteiger partial charge on any atom is 0.245 e. The number of aromatic nitrogens is 1. The summed E-state index contributed by atoms with van der Waals surface area (Å²) < 4.78 is 1.00. The van der Waals surface area contributed by atoms with Crippen molar-refractivity contribution >= 4 is 21.8 Å². The average Bonchev–Trinajstić information content (AvgIpc) is 2.39. The molecule has 1 aliphatic heterocycles. The Labute approximate surface area is 110 Å². The van der Waals surface area contributed by atoms with E-state index in [-0.39, 0.29) is 5.91 Å². The summed E-state index contributed by atoms with van der Waals surface area (Å²) >= 11 is 3.38. The first kappa shape index (κ1) is 12.3. The molecule has 17 heavy (non-hydrogen) atoms. The van der Waals surface area contributed by atoms with Gasteiger partial charge in [0.25, 0.3) is 0 Å². The molecule has 2 rings (SSSR count). The van der Waals surface area contributed by atoms with Gasteiger partial charge in [-0.3, -0.25) is 9.78 Å². The van der Waals surface area contributed by atoms with Crippen molar-refractivity contribution in [2.24, 2.45) is 0 Å². The topological polar surface area (TPSA) is 33.2 Å². The van der Waals surface area contributed by atoms with Gasteiger partial charge in [0.1, 0.15) is 0 Å². The van der Waals surface area contributed by atoms with Gasteiger partial charge in [-0.05, 0) is 47.0 Å². The van der Waals surface area contributed by atoms with Crippen LogP contribution in [0.1, 0.15) is 24.5 Å². The van der Waals surface area contributed by atoms with Crippen LogP contribution >= 0.6 is 15.9 Å². The Balaban J connectivity index is 1.97. The summed E-state index contributed by atoms with van der Waals surface area (Å²) in [5.74, 6) is 0.504. The molecule has 3 nitrogen and oxygen atoms in total. The fraction of sp³-hybridized carbons (Fsp3) is 0.385. The minimum absolute atomic E-state index is 0.0345. The second kappa shape index (κ2) is 5.45. The van der Waals surface area contributed by atoms with Crippen LogP contribution in [-0.2, 0) is 4.79 Å². The fourth-order valence-corrected chi connectivity index (χ4v) is 2.39. The number of carbonyl (C=O) groups excluding carboxylic acids is 1. The highest BCUT2D eigenvalue weighted by molar-refractivity contribution is 9.10. The second-order valence-corrected chi connectivity index (χ2v) is 5.12. The van der Waals surface area contributed by atoms with Crippen molar-refractivity contribution in [3.8, 4) is 0 Å². The normalized spacial score (nSPS) is 16.9. The number of halogens is 1. The molecule has 1 aromatic heterocycles. The summed E-state index contributed by atoms with van der Waals surface area (Å²) in [5.41, 5.74) is 1.12. The molecule has 2 heterocycles. The third-order valence-corrected chi connectivity index (χ3v) is 3.62. The fourth-order valence-electron chi connectivity index (χ4n) is 2.15. The maximum atomic E-state index is 11.4. The predicted octanol–water partition coefficient (Wildman–Crippen LogP) is 2.74. The lowest BCUT2D eigenvalue weighted by molar-refractivity contribution is -0.127. The molecule has 0 aromatic carbocycles. The first-order valence-corrected chi connectivity index (χ1v) is 6.53. The first-order chi connectivity index (χ1) is 8.20. The number of nitrogens with zero attached hydrogens (tertiary/aromatic N) is 2. The van der Waals surface area contributed by atoms with Gasteiger partial charge in [-0.25, -0.2) is 0 Å². The number of hydrogen-bond acceptors (Lipinski definition) is 2. The van der Waals surface area contributed by atoms with Gasteiger partial charge in [0.15, 0.2) is 0 Å². The van der Waals surface area contributed by atoms with Gasteiger partial charge in [-0.1, -0.05) is 6.58 Å². The van der Waals surface area contributed by atoms with Crippen LogP contribution in [0.5, 0.6) is 0 Å². The average molecular weight is 295 g/mol. The van der Waals surface area contributed by atoms with E-state index in [0.717, 1.165) is 36.1 Å². The molecule has 90 valence electrons. The molecule has 1 aliphatic rings. The van der Waals surface area contributed by atoms with Crippen molar-refractivity contribution in [1.82, 2.24) is 9.88 Å². The number of hydrogen-bond donors (Lipinski definition) is 0. The van der Waals surface area contributed by atoms with E-state index in [1.54, 1.807) is 0 Å². The van der Waals surface area contributed by atoms with Crippen molar-refractivity contribution in [3.05, 3.63) is 41.2 Å². The number of rotatable bonds is 2. The standard InChI is InChI=1S/C13H15BrN2O/c1-2-13(17)16-7-5-10(6-8-16)12-4-3-11(14)9-15-12/h2-4,9-10H,1,5-8H2.